The Morgan fingerprint density at radius 3 is 2.72 bits per heavy atom. The number of benzene rings is 1. The maximum atomic E-state index is 13.4. The monoisotopic (exact) mass is 274 g/mol. The molecule has 0 radical (unpaired) electrons. The highest BCUT2D eigenvalue weighted by Gasteiger charge is 2.40. The average molecular weight is 275 g/mol. The Bertz CT molecular complexity index is 405. The van der Waals surface area contributed by atoms with E-state index in [-0.39, 0.29) is 5.82 Å². The third kappa shape index (κ3) is 2.60. The van der Waals surface area contributed by atoms with Crippen LogP contribution in [0.3, 0.4) is 0 Å². The van der Waals surface area contributed by atoms with Crippen molar-refractivity contribution in [3.8, 4) is 5.75 Å². The van der Waals surface area contributed by atoms with Gasteiger partial charge in [-0.1, -0.05) is 0 Å². The fourth-order valence-electron chi connectivity index (χ4n) is 2.17. The molecule has 1 aromatic carbocycles. The zero-order chi connectivity index (χ0) is 13.0. The van der Waals surface area contributed by atoms with E-state index in [4.69, 9.17) is 25.8 Å². The molecule has 1 aliphatic heterocycles. The summed E-state index contributed by atoms with van der Waals surface area (Å²) in [6.45, 7) is 0.976. The van der Waals surface area contributed by atoms with Crippen LogP contribution in [-0.4, -0.2) is 26.2 Å². The summed E-state index contributed by atoms with van der Waals surface area (Å²) in [7, 11) is 1.54. The predicted molar refractivity (Wildman–Crippen MR) is 66.5 cm³/mol. The van der Waals surface area contributed by atoms with E-state index >= 15 is 0 Å². The summed E-state index contributed by atoms with van der Waals surface area (Å²) in [5, 5.41) is 0. The van der Waals surface area contributed by atoms with Gasteiger partial charge in [0.15, 0.2) is 5.79 Å². The smallest absolute Gasteiger partial charge is 0.198 e. The molecule has 0 N–H and O–H groups in total. The van der Waals surface area contributed by atoms with Crippen LogP contribution in [0.1, 0.15) is 18.4 Å². The summed E-state index contributed by atoms with van der Waals surface area (Å²) in [5.41, 5.74) is 0.590. The van der Waals surface area contributed by atoms with Crippen molar-refractivity contribution in [1.29, 1.82) is 0 Å². The Hall–Kier alpha value is -0.840. The Morgan fingerprint density at radius 2 is 2.11 bits per heavy atom. The first-order chi connectivity index (χ1) is 8.72. The normalized spacial score (nSPS) is 17.9. The van der Waals surface area contributed by atoms with Crippen LogP contribution in [0.2, 0.25) is 0 Å². The zero-order valence-electron chi connectivity index (χ0n) is 10.2. The zero-order valence-corrected chi connectivity index (χ0v) is 11.0. The molecule has 0 unspecified atom stereocenters. The highest BCUT2D eigenvalue weighted by atomic mass is 35.5. The van der Waals surface area contributed by atoms with E-state index in [1.54, 1.807) is 13.2 Å². The molecule has 1 fully saturated rings. The Balaban J connectivity index is 2.38. The number of ether oxygens (including phenoxy) is 3. The number of halogens is 2. The third-order valence-corrected chi connectivity index (χ3v) is 3.23. The van der Waals surface area contributed by atoms with Gasteiger partial charge in [-0.15, -0.1) is 11.6 Å². The lowest BCUT2D eigenvalue weighted by Crippen LogP contribution is -2.28. The molecular weight excluding hydrogens is 259 g/mol. The Labute approximate surface area is 111 Å². The fraction of sp³-hybridized carbons (Fsp3) is 0.538. The van der Waals surface area contributed by atoms with Gasteiger partial charge in [-0.3, -0.25) is 0 Å². The molecule has 0 saturated carbocycles. The minimum atomic E-state index is -0.928. The standard InChI is InChI=1S/C13H16ClFO3/c1-16-12-4-3-10(15)9-11(12)13(5-2-6-14)17-7-8-18-13/h3-4,9H,2,5-8H2,1H3. The van der Waals surface area contributed by atoms with E-state index in [0.717, 1.165) is 6.42 Å². The van der Waals surface area contributed by atoms with Gasteiger partial charge in [0.25, 0.3) is 0 Å². The quantitative estimate of drug-likeness (QED) is 0.773. The number of alkyl halides is 1. The maximum Gasteiger partial charge on any atom is 0.198 e. The van der Waals surface area contributed by atoms with Crippen LogP contribution in [0.15, 0.2) is 18.2 Å². The van der Waals surface area contributed by atoms with Crippen LogP contribution >= 0.6 is 11.6 Å². The molecule has 0 aromatic heterocycles. The van der Waals surface area contributed by atoms with Gasteiger partial charge in [0.1, 0.15) is 11.6 Å². The Morgan fingerprint density at radius 1 is 1.39 bits per heavy atom. The molecule has 18 heavy (non-hydrogen) atoms. The predicted octanol–water partition coefficient (Wildman–Crippen LogP) is 3.05. The number of hydrogen-bond donors (Lipinski definition) is 0. The van der Waals surface area contributed by atoms with E-state index in [1.807, 2.05) is 0 Å². The van der Waals surface area contributed by atoms with E-state index in [2.05, 4.69) is 0 Å². The van der Waals surface area contributed by atoms with Crippen molar-refractivity contribution < 1.29 is 18.6 Å². The molecule has 3 nitrogen and oxygen atoms in total. The first kappa shape index (κ1) is 13.6. The summed E-state index contributed by atoms with van der Waals surface area (Å²) in [4.78, 5) is 0. The highest BCUT2D eigenvalue weighted by Crippen LogP contribution is 2.41. The van der Waals surface area contributed by atoms with Crippen molar-refractivity contribution in [2.75, 3.05) is 26.2 Å². The van der Waals surface area contributed by atoms with Crippen LogP contribution in [0.4, 0.5) is 4.39 Å². The van der Waals surface area contributed by atoms with Crippen molar-refractivity contribution >= 4 is 11.6 Å². The van der Waals surface area contributed by atoms with Crippen LogP contribution < -0.4 is 4.74 Å². The van der Waals surface area contributed by atoms with E-state index in [9.17, 15) is 4.39 Å². The van der Waals surface area contributed by atoms with Crippen molar-refractivity contribution in [3.05, 3.63) is 29.6 Å². The van der Waals surface area contributed by atoms with Gasteiger partial charge in [-0.05, 0) is 24.6 Å². The number of methoxy groups -OCH3 is 1. The van der Waals surface area contributed by atoms with Crippen molar-refractivity contribution in [1.82, 2.24) is 0 Å². The topological polar surface area (TPSA) is 27.7 Å². The second-order valence-corrected chi connectivity index (χ2v) is 4.46. The lowest BCUT2D eigenvalue weighted by molar-refractivity contribution is -0.171. The maximum absolute atomic E-state index is 13.4. The fourth-order valence-corrected chi connectivity index (χ4v) is 2.30. The molecule has 5 heteroatoms. The van der Waals surface area contributed by atoms with Crippen molar-refractivity contribution in [2.45, 2.75) is 18.6 Å². The number of rotatable bonds is 5. The van der Waals surface area contributed by atoms with Gasteiger partial charge in [0, 0.05) is 12.3 Å². The average Bonchev–Trinajstić information content (AvgIpc) is 2.86. The second kappa shape index (κ2) is 5.87. The summed E-state index contributed by atoms with van der Waals surface area (Å²) >= 11 is 5.72. The minimum absolute atomic E-state index is 0.338. The van der Waals surface area contributed by atoms with Gasteiger partial charge in [0.2, 0.25) is 0 Å². The SMILES string of the molecule is COc1ccc(F)cc1C1(CCCCl)OCCO1. The summed E-state index contributed by atoms with van der Waals surface area (Å²) < 4.78 is 30.1. The van der Waals surface area contributed by atoms with Crippen LogP contribution in [0.5, 0.6) is 5.75 Å². The van der Waals surface area contributed by atoms with Crippen LogP contribution in [0.25, 0.3) is 0 Å². The molecule has 0 spiro atoms. The van der Waals surface area contributed by atoms with Crippen LogP contribution in [0, 0.1) is 5.82 Å². The van der Waals surface area contributed by atoms with Gasteiger partial charge in [0.05, 0.1) is 25.9 Å². The van der Waals surface area contributed by atoms with E-state index in [1.165, 1.54) is 12.1 Å². The molecule has 0 atom stereocenters. The molecule has 1 aliphatic rings. The first-order valence-electron chi connectivity index (χ1n) is 5.90. The Kier molecular flexibility index (Phi) is 4.43. The molecule has 100 valence electrons. The van der Waals surface area contributed by atoms with Crippen molar-refractivity contribution in [2.24, 2.45) is 0 Å². The van der Waals surface area contributed by atoms with Gasteiger partial charge >= 0.3 is 0 Å². The molecule has 1 aromatic rings. The molecule has 0 bridgehead atoms. The molecule has 1 saturated heterocycles. The third-order valence-electron chi connectivity index (χ3n) is 2.97. The minimum Gasteiger partial charge on any atom is -0.496 e. The molecule has 0 amide bonds. The van der Waals surface area contributed by atoms with Gasteiger partial charge < -0.3 is 14.2 Å². The summed E-state index contributed by atoms with van der Waals surface area (Å²) in [5.74, 6) is -0.197. The van der Waals surface area contributed by atoms with E-state index in [0.29, 0.717) is 36.8 Å². The second-order valence-electron chi connectivity index (χ2n) is 4.09. The highest BCUT2D eigenvalue weighted by molar-refractivity contribution is 6.17. The van der Waals surface area contributed by atoms with Crippen molar-refractivity contribution in [3.63, 3.8) is 0 Å². The van der Waals surface area contributed by atoms with E-state index < -0.39 is 5.79 Å². The molecular formula is C13H16ClFO3. The summed E-state index contributed by atoms with van der Waals surface area (Å²) in [6, 6.07) is 4.34. The lowest BCUT2D eigenvalue weighted by atomic mass is 9.99. The molecule has 1 heterocycles. The van der Waals surface area contributed by atoms with Gasteiger partial charge in [-0.2, -0.15) is 0 Å². The van der Waals surface area contributed by atoms with Crippen LogP contribution in [-0.2, 0) is 15.3 Å². The summed E-state index contributed by atoms with van der Waals surface area (Å²) in [6.07, 6.45) is 1.30. The largest absolute Gasteiger partial charge is 0.496 e. The molecule has 2 rings (SSSR count). The first-order valence-corrected chi connectivity index (χ1v) is 6.43. The molecule has 0 aliphatic carbocycles. The lowest BCUT2D eigenvalue weighted by Gasteiger charge is -2.29. The number of hydrogen-bond acceptors (Lipinski definition) is 3. The van der Waals surface area contributed by atoms with Gasteiger partial charge in [-0.25, -0.2) is 4.39 Å².